The van der Waals surface area contributed by atoms with Crippen LogP contribution in [0.15, 0.2) is 24.3 Å². The average Bonchev–Trinajstić information content (AvgIpc) is 2.48. The predicted molar refractivity (Wildman–Crippen MR) is 93.4 cm³/mol. The first-order chi connectivity index (χ1) is 11.4. The quantitative estimate of drug-likeness (QED) is 0.497. The molecule has 25 heavy (non-hydrogen) atoms. The number of alkyl halides is 1. The van der Waals surface area contributed by atoms with Crippen molar-refractivity contribution in [2.75, 3.05) is 6.26 Å². The molecule has 0 aromatic heterocycles. The van der Waals surface area contributed by atoms with Crippen LogP contribution < -0.4 is 0 Å². The summed E-state index contributed by atoms with van der Waals surface area (Å²) in [6, 6.07) is 4.33. The molecule has 0 aliphatic heterocycles. The molecule has 0 heterocycles. The zero-order valence-corrected chi connectivity index (χ0v) is 16.2. The molecule has 8 heteroatoms. The highest BCUT2D eigenvalue weighted by Gasteiger charge is 2.12. The van der Waals surface area contributed by atoms with Crippen molar-refractivity contribution in [2.45, 2.75) is 24.9 Å². The van der Waals surface area contributed by atoms with Gasteiger partial charge in [0.15, 0.2) is 9.84 Å². The van der Waals surface area contributed by atoms with Crippen LogP contribution >= 0.6 is 15.9 Å². The predicted octanol–water partition coefficient (Wildman–Crippen LogP) is 4.99. The topological polar surface area (TPSA) is 34.1 Å². The van der Waals surface area contributed by atoms with E-state index in [9.17, 15) is 26.0 Å². The summed E-state index contributed by atoms with van der Waals surface area (Å²) in [6.45, 7) is 3.07. The monoisotopic (exact) mass is 440 g/mol. The lowest BCUT2D eigenvalue weighted by Crippen LogP contribution is -2.04. The molecule has 2 nitrogen and oxygen atoms in total. The highest BCUT2D eigenvalue weighted by atomic mass is 79.9. The molecule has 0 fully saturated rings. The molecule has 0 aliphatic rings. The third kappa shape index (κ3) is 6.78. The van der Waals surface area contributed by atoms with Gasteiger partial charge in [0.05, 0.1) is 5.75 Å². The van der Waals surface area contributed by atoms with Gasteiger partial charge in [0.25, 0.3) is 0 Å². The third-order valence-electron chi connectivity index (χ3n) is 3.22. The maximum absolute atomic E-state index is 13.1. The Morgan fingerprint density at radius 3 is 1.60 bits per heavy atom. The van der Waals surface area contributed by atoms with Crippen molar-refractivity contribution in [3.05, 3.63) is 69.8 Å². The molecule has 0 aliphatic carbocycles. The number of halogens is 5. The van der Waals surface area contributed by atoms with E-state index in [0.29, 0.717) is 22.5 Å². The fourth-order valence-corrected chi connectivity index (χ4v) is 3.15. The van der Waals surface area contributed by atoms with Crippen molar-refractivity contribution < 1.29 is 26.0 Å². The van der Waals surface area contributed by atoms with Gasteiger partial charge in [-0.25, -0.2) is 26.0 Å². The number of benzene rings is 2. The van der Waals surface area contributed by atoms with E-state index in [2.05, 4.69) is 15.9 Å². The minimum atomic E-state index is -3.29. The Morgan fingerprint density at radius 2 is 1.20 bits per heavy atom. The largest absolute Gasteiger partial charge is 0.229 e. The van der Waals surface area contributed by atoms with Gasteiger partial charge in [0.2, 0.25) is 0 Å². The molecule has 0 unspecified atom stereocenters. The summed E-state index contributed by atoms with van der Waals surface area (Å²) in [7, 11) is -3.29. The van der Waals surface area contributed by atoms with Gasteiger partial charge in [-0.3, -0.25) is 0 Å². The van der Waals surface area contributed by atoms with E-state index < -0.39 is 38.9 Å². The summed E-state index contributed by atoms with van der Waals surface area (Å²) in [5.41, 5.74) is 1.21. The lowest BCUT2D eigenvalue weighted by Gasteiger charge is -2.04. The summed E-state index contributed by atoms with van der Waals surface area (Å²) in [5.74, 6) is -2.88. The van der Waals surface area contributed by atoms with Gasteiger partial charge in [-0.05, 0) is 42.7 Å². The molecule has 0 N–H and O–H groups in total. The first kappa shape index (κ1) is 21.6. The summed E-state index contributed by atoms with van der Waals surface area (Å²) in [6.07, 6.45) is 1.01. The second-order valence-corrected chi connectivity index (χ2v) is 8.29. The molecule has 138 valence electrons. The Hall–Kier alpha value is -1.41. The van der Waals surface area contributed by atoms with Crippen LogP contribution in [-0.2, 0) is 20.9 Å². The smallest absolute Gasteiger partial charge is 0.151 e. The molecule has 0 saturated heterocycles. The van der Waals surface area contributed by atoms with Crippen LogP contribution in [0, 0.1) is 37.1 Å². The highest BCUT2D eigenvalue weighted by molar-refractivity contribution is 9.08. The van der Waals surface area contributed by atoms with E-state index in [1.54, 1.807) is 6.92 Å². The summed E-state index contributed by atoms with van der Waals surface area (Å²) in [5, 5.41) is 0.417. The number of aryl methyl sites for hydroxylation is 2. The molecule has 2 aromatic rings. The molecular formula is C17H17BrF4O2S. The Labute approximate surface area is 152 Å². The first-order valence-corrected chi connectivity index (χ1v) is 10.3. The van der Waals surface area contributed by atoms with Crippen molar-refractivity contribution in [1.82, 2.24) is 0 Å². The van der Waals surface area contributed by atoms with Crippen LogP contribution in [0.4, 0.5) is 17.6 Å². The maximum Gasteiger partial charge on any atom is 0.151 e. The van der Waals surface area contributed by atoms with E-state index in [1.165, 1.54) is 19.1 Å². The number of sulfone groups is 1. The normalized spacial score (nSPS) is 11.0. The van der Waals surface area contributed by atoms with E-state index >= 15 is 0 Å². The third-order valence-corrected chi connectivity index (χ3v) is 4.66. The Bertz CT molecular complexity index is 867. The van der Waals surface area contributed by atoms with Crippen LogP contribution in [-0.4, -0.2) is 14.7 Å². The molecule has 0 atom stereocenters. The van der Waals surface area contributed by atoms with Gasteiger partial charge in [0, 0.05) is 29.3 Å². The van der Waals surface area contributed by atoms with Gasteiger partial charge in [-0.2, -0.15) is 0 Å². The van der Waals surface area contributed by atoms with Crippen molar-refractivity contribution in [3.8, 4) is 0 Å². The van der Waals surface area contributed by atoms with Crippen LogP contribution in [0.2, 0.25) is 0 Å². The molecule has 0 bridgehead atoms. The second kappa shape index (κ2) is 8.80. The number of rotatable bonds is 3. The van der Waals surface area contributed by atoms with Crippen LogP contribution in [0.25, 0.3) is 0 Å². The fourth-order valence-electron chi connectivity index (χ4n) is 1.93. The van der Waals surface area contributed by atoms with Crippen molar-refractivity contribution in [2.24, 2.45) is 0 Å². The van der Waals surface area contributed by atoms with E-state index in [-0.39, 0.29) is 11.1 Å². The number of hydrogen-bond acceptors (Lipinski definition) is 2. The summed E-state index contributed by atoms with van der Waals surface area (Å²) < 4.78 is 73.0. The van der Waals surface area contributed by atoms with Gasteiger partial charge in [-0.1, -0.05) is 15.9 Å². The van der Waals surface area contributed by atoms with Gasteiger partial charge in [-0.15, -0.1) is 0 Å². The Kier molecular flexibility index (Phi) is 7.62. The first-order valence-electron chi connectivity index (χ1n) is 7.07. The zero-order valence-electron chi connectivity index (χ0n) is 13.8. The summed E-state index contributed by atoms with van der Waals surface area (Å²) in [4.78, 5) is 0. The van der Waals surface area contributed by atoms with Crippen molar-refractivity contribution >= 4 is 25.8 Å². The molecular weight excluding hydrogens is 424 g/mol. The second-order valence-electron chi connectivity index (χ2n) is 5.59. The van der Waals surface area contributed by atoms with E-state index in [1.807, 2.05) is 0 Å². The van der Waals surface area contributed by atoms with Gasteiger partial charge >= 0.3 is 0 Å². The molecule has 0 spiro atoms. The highest BCUT2D eigenvalue weighted by Crippen LogP contribution is 2.17. The SMILES string of the molecule is Cc1cc(CBr)c(F)cc1F.Cc1cc(CS(C)(=O)=O)c(F)cc1F. The Morgan fingerprint density at radius 1 is 0.800 bits per heavy atom. The van der Waals surface area contributed by atoms with E-state index in [0.717, 1.165) is 12.3 Å². The van der Waals surface area contributed by atoms with Crippen LogP contribution in [0.5, 0.6) is 0 Å². The van der Waals surface area contributed by atoms with Gasteiger partial charge in [0.1, 0.15) is 23.3 Å². The van der Waals surface area contributed by atoms with Gasteiger partial charge < -0.3 is 0 Å². The zero-order chi connectivity index (χ0) is 19.4. The molecule has 0 radical (unpaired) electrons. The lowest BCUT2D eigenvalue weighted by atomic mass is 10.1. The summed E-state index contributed by atoms with van der Waals surface area (Å²) >= 11 is 3.10. The van der Waals surface area contributed by atoms with Crippen LogP contribution in [0.1, 0.15) is 22.3 Å². The van der Waals surface area contributed by atoms with Crippen LogP contribution in [0.3, 0.4) is 0 Å². The molecule has 2 aromatic carbocycles. The standard InChI is InChI=1S/C9H10F2O2S.C8H7BrF2/c1-6-3-7(5-14(2,12)13)9(11)4-8(6)10;1-5-2-6(4-9)8(11)3-7(5)10/h3-4H,5H2,1-2H3;2-3H,4H2,1H3. The van der Waals surface area contributed by atoms with Crippen molar-refractivity contribution in [1.29, 1.82) is 0 Å². The number of hydrogen-bond donors (Lipinski definition) is 0. The average molecular weight is 441 g/mol. The van der Waals surface area contributed by atoms with E-state index in [4.69, 9.17) is 0 Å². The molecule has 2 rings (SSSR count). The van der Waals surface area contributed by atoms with Crippen molar-refractivity contribution in [3.63, 3.8) is 0 Å². The fraction of sp³-hybridized carbons (Fsp3) is 0.294. The lowest BCUT2D eigenvalue weighted by molar-refractivity contribution is 0.566. The molecule has 0 saturated carbocycles. The minimum Gasteiger partial charge on any atom is -0.229 e. The maximum atomic E-state index is 13.1. The molecule has 0 amide bonds. The minimum absolute atomic E-state index is 0.00593. The Balaban J connectivity index is 0.000000257.